The number of hydrogen-bond donors (Lipinski definition) is 2. The molecule has 0 saturated carbocycles. The number of aryl methyl sites for hydroxylation is 1. The summed E-state index contributed by atoms with van der Waals surface area (Å²) in [7, 11) is 1.94. The van der Waals surface area contributed by atoms with Gasteiger partial charge >= 0.3 is 0 Å². The molecule has 1 atom stereocenters. The fourth-order valence-corrected chi connectivity index (χ4v) is 2.99. The lowest BCUT2D eigenvalue weighted by Crippen LogP contribution is -2.43. The van der Waals surface area contributed by atoms with Crippen molar-refractivity contribution in [2.45, 2.75) is 38.6 Å². The maximum Gasteiger partial charge on any atom is 0.253 e. The maximum absolute atomic E-state index is 12.1. The van der Waals surface area contributed by atoms with Crippen LogP contribution in [0.3, 0.4) is 0 Å². The van der Waals surface area contributed by atoms with Crippen molar-refractivity contribution in [1.29, 1.82) is 0 Å². The number of amides is 1. The van der Waals surface area contributed by atoms with Gasteiger partial charge in [-0.15, -0.1) is 0 Å². The Labute approximate surface area is 126 Å². The minimum atomic E-state index is 0.00505. The van der Waals surface area contributed by atoms with Gasteiger partial charge in [0.1, 0.15) is 0 Å². The van der Waals surface area contributed by atoms with Gasteiger partial charge in [-0.3, -0.25) is 9.69 Å². The molecule has 0 aromatic carbocycles. The first kappa shape index (κ1) is 16.0. The van der Waals surface area contributed by atoms with Gasteiger partial charge in [-0.2, -0.15) is 0 Å². The summed E-state index contributed by atoms with van der Waals surface area (Å²) in [5.41, 5.74) is 1.74. The van der Waals surface area contributed by atoms with E-state index in [0.717, 1.165) is 37.2 Å². The first-order valence-electron chi connectivity index (χ1n) is 7.88. The van der Waals surface area contributed by atoms with Gasteiger partial charge in [-0.25, -0.2) is 0 Å². The predicted octanol–water partition coefficient (Wildman–Crippen LogP) is 1.30. The second-order valence-electron chi connectivity index (χ2n) is 5.90. The average Bonchev–Trinajstić information content (AvgIpc) is 2.83. The molecule has 5 nitrogen and oxygen atoms in total. The van der Waals surface area contributed by atoms with Crippen LogP contribution in [0.1, 0.15) is 41.7 Å². The van der Waals surface area contributed by atoms with E-state index < -0.39 is 0 Å². The second-order valence-corrected chi connectivity index (χ2v) is 5.90. The van der Waals surface area contributed by atoms with Crippen molar-refractivity contribution >= 4 is 5.91 Å². The number of nitrogens with one attached hydrogen (secondary N) is 1. The van der Waals surface area contributed by atoms with Crippen LogP contribution in [0.15, 0.2) is 12.3 Å². The molecule has 1 aliphatic rings. The number of nitrogens with zero attached hydrogens (tertiary/aromatic N) is 2. The molecule has 0 spiro atoms. The quantitative estimate of drug-likeness (QED) is 0.777. The third-order valence-electron chi connectivity index (χ3n) is 4.50. The van der Waals surface area contributed by atoms with Crippen molar-refractivity contribution in [3.05, 3.63) is 23.5 Å². The van der Waals surface area contributed by atoms with Crippen LogP contribution in [0.4, 0.5) is 0 Å². The molecule has 2 heterocycles. The number of hydrogen-bond acceptors (Lipinski definition) is 3. The van der Waals surface area contributed by atoms with Crippen molar-refractivity contribution in [1.82, 2.24) is 14.8 Å². The molecule has 118 valence electrons. The van der Waals surface area contributed by atoms with Crippen LogP contribution >= 0.6 is 0 Å². The van der Waals surface area contributed by atoms with Gasteiger partial charge in [-0.05, 0) is 38.8 Å². The van der Waals surface area contributed by atoms with E-state index in [0.29, 0.717) is 12.6 Å². The molecule has 1 unspecified atom stereocenters. The highest BCUT2D eigenvalue weighted by molar-refractivity contribution is 5.95. The summed E-state index contributed by atoms with van der Waals surface area (Å²) in [5.74, 6) is 0.00505. The lowest BCUT2D eigenvalue weighted by Gasteiger charge is -2.34. The Bertz CT molecular complexity index is 470. The molecule has 21 heavy (non-hydrogen) atoms. The number of rotatable bonds is 6. The molecule has 2 rings (SSSR count). The fourth-order valence-electron chi connectivity index (χ4n) is 2.99. The van der Waals surface area contributed by atoms with Crippen LogP contribution < -0.4 is 5.32 Å². The Hall–Kier alpha value is -1.33. The summed E-state index contributed by atoms with van der Waals surface area (Å²) in [6, 6.07) is 2.17. The summed E-state index contributed by atoms with van der Waals surface area (Å²) in [5, 5.41) is 12.4. The molecule has 1 amide bonds. The van der Waals surface area contributed by atoms with Gasteiger partial charge in [0.15, 0.2) is 0 Å². The fraction of sp³-hybridized carbons (Fsp3) is 0.688. The SMILES string of the molecule is Cc1c(C(=O)NCCCN2CCCCC2CO)ccn1C. The predicted molar refractivity (Wildman–Crippen MR) is 83.4 cm³/mol. The summed E-state index contributed by atoms with van der Waals surface area (Å²) in [6.45, 7) is 4.89. The molecular weight excluding hydrogens is 266 g/mol. The summed E-state index contributed by atoms with van der Waals surface area (Å²) in [4.78, 5) is 14.4. The van der Waals surface area contributed by atoms with Crippen molar-refractivity contribution in [3.8, 4) is 0 Å². The Balaban J connectivity index is 1.72. The largest absolute Gasteiger partial charge is 0.395 e. The van der Waals surface area contributed by atoms with Crippen LogP contribution in [0.5, 0.6) is 0 Å². The van der Waals surface area contributed by atoms with Crippen LogP contribution in [0.25, 0.3) is 0 Å². The molecule has 0 aliphatic carbocycles. The molecule has 1 aromatic heterocycles. The minimum absolute atomic E-state index is 0.00505. The Morgan fingerprint density at radius 3 is 2.95 bits per heavy atom. The van der Waals surface area contributed by atoms with Crippen molar-refractivity contribution in [3.63, 3.8) is 0 Å². The van der Waals surface area contributed by atoms with Gasteiger partial charge in [0.25, 0.3) is 5.91 Å². The van der Waals surface area contributed by atoms with Crippen molar-refractivity contribution < 1.29 is 9.90 Å². The number of carbonyl (C=O) groups is 1. The van der Waals surface area contributed by atoms with E-state index in [4.69, 9.17) is 0 Å². The van der Waals surface area contributed by atoms with E-state index >= 15 is 0 Å². The maximum atomic E-state index is 12.1. The number of aliphatic hydroxyl groups is 1. The van der Waals surface area contributed by atoms with Gasteiger partial charge in [0.2, 0.25) is 0 Å². The van der Waals surface area contributed by atoms with E-state index in [1.54, 1.807) is 0 Å². The highest BCUT2D eigenvalue weighted by Crippen LogP contribution is 2.16. The molecule has 5 heteroatoms. The molecule has 2 N–H and O–H groups in total. The summed E-state index contributed by atoms with van der Waals surface area (Å²) >= 11 is 0. The van der Waals surface area contributed by atoms with Crippen molar-refractivity contribution in [2.24, 2.45) is 7.05 Å². The van der Waals surface area contributed by atoms with E-state index in [-0.39, 0.29) is 12.5 Å². The molecule has 1 fully saturated rings. The molecule has 1 saturated heterocycles. The second kappa shape index (κ2) is 7.61. The Morgan fingerprint density at radius 2 is 2.29 bits per heavy atom. The van der Waals surface area contributed by atoms with E-state index in [1.165, 1.54) is 12.8 Å². The topological polar surface area (TPSA) is 57.5 Å². The van der Waals surface area contributed by atoms with E-state index in [2.05, 4.69) is 10.2 Å². The first-order chi connectivity index (χ1) is 10.1. The number of likely N-dealkylation sites (tertiary alicyclic amines) is 1. The van der Waals surface area contributed by atoms with Gasteiger partial charge in [0.05, 0.1) is 12.2 Å². The zero-order chi connectivity index (χ0) is 15.2. The molecular formula is C16H27N3O2. The van der Waals surface area contributed by atoms with Gasteiger partial charge in [-0.1, -0.05) is 6.42 Å². The Morgan fingerprint density at radius 1 is 1.48 bits per heavy atom. The number of carbonyl (C=O) groups excluding carboxylic acids is 1. The summed E-state index contributed by atoms with van der Waals surface area (Å²) in [6.07, 6.45) is 6.35. The molecule has 1 aliphatic heterocycles. The molecule has 0 radical (unpaired) electrons. The monoisotopic (exact) mass is 293 g/mol. The standard InChI is InChI=1S/C16H27N3O2/c1-13-15(7-11-18(13)2)16(21)17-8-5-10-19-9-4-3-6-14(19)12-20/h7,11,14,20H,3-6,8-10,12H2,1-2H3,(H,17,21). The number of aromatic nitrogens is 1. The van der Waals surface area contributed by atoms with Crippen molar-refractivity contribution in [2.75, 3.05) is 26.2 Å². The molecule has 0 bridgehead atoms. The zero-order valence-electron chi connectivity index (χ0n) is 13.1. The number of piperidine rings is 1. The van der Waals surface area contributed by atoms with Crippen LogP contribution in [0.2, 0.25) is 0 Å². The lowest BCUT2D eigenvalue weighted by atomic mass is 10.0. The lowest BCUT2D eigenvalue weighted by molar-refractivity contribution is 0.0868. The van der Waals surface area contributed by atoms with Gasteiger partial charge in [0, 0.05) is 38.1 Å². The average molecular weight is 293 g/mol. The van der Waals surface area contributed by atoms with E-state index in [1.807, 2.05) is 30.8 Å². The van der Waals surface area contributed by atoms with Crippen LogP contribution in [0, 0.1) is 6.92 Å². The smallest absolute Gasteiger partial charge is 0.253 e. The summed E-state index contributed by atoms with van der Waals surface area (Å²) < 4.78 is 1.95. The molecule has 1 aromatic rings. The highest BCUT2D eigenvalue weighted by Gasteiger charge is 2.20. The van der Waals surface area contributed by atoms with Gasteiger partial charge < -0.3 is 15.0 Å². The Kier molecular flexibility index (Phi) is 5.82. The third kappa shape index (κ3) is 4.08. The highest BCUT2D eigenvalue weighted by atomic mass is 16.3. The van der Waals surface area contributed by atoms with E-state index in [9.17, 15) is 9.90 Å². The van der Waals surface area contributed by atoms with Crippen LogP contribution in [-0.2, 0) is 7.05 Å². The third-order valence-corrected chi connectivity index (χ3v) is 4.50. The first-order valence-corrected chi connectivity index (χ1v) is 7.88. The minimum Gasteiger partial charge on any atom is -0.395 e. The van der Waals surface area contributed by atoms with Crippen LogP contribution in [-0.4, -0.2) is 52.8 Å². The zero-order valence-corrected chi connectivity index (χ0v) is 13.1. The normalized spacial score (nSPS) is 19.7. The number of aliphatic hydroxyl groups excluding tert-OH is 1.